The molecule has 0 radical (unpaired) electrons. The predicted octanol–water partition coefficient (Wildman–Crippen LogP) is 5.57. The molecule has 2 heterocycles. The van der Waals surface area contributed by atoms with Gasteiger partial charge in [-0.3, -0.25) is 9.59 Å². The number of carbonyl (C=O) groups is 2. The van der Waals surface area contributed by atoms with E-state index in [0.717, 1.165) is 22.6 Å². The van der Waals surface area contributed by atoms with Gasteiger partial charge in [-0.15, -0.1) is 0 Å². The van der Waals surface area contributed by atoms with Crippen molar-refractivity contribution in [2.75, 3.05) is 11.9 Å². The van der Waals surface area contributed by atoms with E-state index in [2.05, 4.69) is 53.6 Å². The number of aliphatic imine (C=N–C) groups is 1. The molecule has 7 nitrogen and oxygen atoms in total. The molecule has 2 atom stereocenters. The molecule has 2 aliphatic rings. The van der Waals surface area contributed by atoms with Crippen LogP contribution in [0.2, 0.25) is 0 Å². The lowest BCUT2D eigenvalue weighted by Gasteiger charge is -2.23. The first-order chi connectivity index (χ1) is 18.0. The van der Waals surface area contributed by atoms with Crippen LogP contribution in [-0.4, -0.2) is 39.6 Å². The fourth-order valence-electron chi connectivity index (χ4n) is 4.33. The monoisotopic (exact) mass is 512 g/mol. The number of carbonyl (C=O) groups excluding carboxylic acids is 2. The highest BCUT2D eigenvalue weighted by Crippen LogP contribution is 2.38. The van der Waals surface area contributed by atoms with Crippen molar-refractivity contribution in [3.8, 4) is 5.75 Å². The lowest BCUT2D eigenvalue weighted by atomic mass is 9.98. The standard InChI is InChI=1S/C29H28N4O3S/c1-3-36-23-15-13-22(14-16-23)30-27(34)18-26-28(35)31-29(37-26)33-25(21-7-5-4-6-8-21)17-24(32-33)20-11-9-19(2)10-12-20/h4-16,25-26H,3,17-18H2,1-2H3,(H,30,34)/t25-,26-/m1/s1. The van der Waals surface area contributed by atoms with Crippen LogP contribution in [0.25, 0.3) is 0 Å². The Morgan fingerprint density at radius 1 is 1.05 bits per heavy atom. The number of nitrogens with one attached hydrogen (secondary N) is 1. The molecule has 5 rings (SSSR count). The molecular formula is C29H28N4O3S. The van der Waals surface area contributed by atoms with Crippen LogP contribution in [0.3, 0.4) is 0 Å². The van der Waals surface area contributed by atoms with Crippen LogP contribution < -0.4 is 10.1 Å². The Bertz CT molecular complexity index is 1340. The van der Waals surface area contributed by atoms with Crippen molar-refractivity contribution in [3.63, 3.8) is 0 Å². The molecule has 0 aromatic heterocycles. The minimum atomic E-state index is -0.590. The maximum Gasteiger partial charge on any atom is 0.262 e. The molecule has 0 aliphatic carbocycles. The number of benzene rings is 3. The third-order valence-electron chi connectivity index (χ3n) is 6.22. The van der Waals surface area contributed by atoms with Crippen LogP contribution >= 0.6 is 11.8 Å². The van der Waals surface area contributed by atoms with Gasteiger partial charge in [-0.2, -0.15) is 10.1 Å². The average molecular weight is 513 g/mol. The molecule has 3 aromatic carbocycles. The second kappa shape index (κ2) is 11.0. The van der Waals surface area contributed by atoms with Crippen molar-refractivity contribution in [2.45, 2.75) is 38.0 Å². The highest BCUT2D eigenvalue weighted by molar-refractivity contribution is 8.15. The first-order valence-electron chi connectivity index (χ1n) is 12.3. The van der Waals surface area contributed by atoms with E-state index in [1.165, 1.54) is 17.3 Å². The molecule has 0 saturated carbocycles. The maximum atomic E-state index is 12.8. The van der Waals surface area contributed by atoms with Gasteiger partial charge < -0.3 is 10.1 Å². The molecule has 8 heteroatoms. The summed E-state index contributed by atoms with van der Waals surface area (Å²) in [5.41, 5.74) is 4.94. The zero-order valence-corrected chi connectivity index (χ0v) is 21.6. The molecule has 2 aliphatic heterocycles. The van der Waals surface area contributed by atoms with Crippen molar-refractivity contribution >= 4 is 40.1 Å². The number of thioether (sulfide) groups is 1. The molecule has 0 spiro atoms. The summed E-state index contributed by atoms with van der Waals surface area (Å²) in [5.74, 6) is 0.188. The third kappa shape index (κ3) is 5.75. The molecule has 0 bridgehead atoms. The Kier molecular flexibility index (Phi) is 7.37. The van der Waals surface area contributed by atoms with Crippen molar-refractivity contribution in [3.05, 3.63) is 95.6 Å². The topological polar surface area (TPSA) is 83.4 Å². The summed E-state index contributed by atoms with van der Waals surface area (Å²) >= 11 is 1.30. The van der Waals surface area contributed by atoms with E-state index in [4.69, 9.17) is 9.84 Å². The number of amidine groups is 1. The Hall–Kier alpha value is -3.91. The largest absolute Gasteiger partial charge is 0.494 e. The van der Waals surface area contributed by atoms with Crippen LogP contribution in [0.1, 0.15) is 42.5 Å². The predicted molar refractivity (Wildman–Crippen MR) is 148 cm³/mol. The number of hydrogen-bond acceptors (Lipinski definition) is 6. The van der Waals surface area contributed by atoms with E-state index in [0.29, 0.717) is 23.9 Å². The molecule has 0 unspecified atom stereocenters. The summed E-state index contributed by atoms with van der Waals surface area (Å²) < 4.78 is 5.44. The van der Waals surface area contributed by atoms with E-state index in [9.17, 15) is 9.59 Å². The molecule has 188 valence electrons. The smallest absolute Gasteiger partial charge is 0.262 e. The third-order valence-corrected chi connectivity index (χ3v) is 7.37. The lowest BCUT2D eigenvalue weighted by Crippen LogP contribution is -2.25. The normalized spacial score (nSPS) is 19.0. The molecule has 37 heavy (non-hydrogen) atoms. The zero-order valence-electron chi connectivity index (χ0n) is 20.8. The second-order valence-electron chi connectivity index (χ2n) is 8.94. The number of amides is 2. The summed E-state index contributed by atoms with van der Waals surface area (Å²) in [6, 6.07) is 25.5. The minimum Gasteiger partial charge on any atom is -0.494 e. The number of nitrogens with zero attached hydrogens (tertiary/aromatic N) is 3. The number of ether oxygens (including phenoxy) is 1. The van der Waals surface area contributed by atoms with Crippen LogP contribution in [0.5, 0.6) is 5.75 Å². The van der Waals surface area contributed by atoms with Gasteiger partial charge in [-0.25, -0.2) is 5.01 Å². The highest BCUT2D eigenvalue weighted by Gasteiger charge is 2.39. The summed E-state index contributed by atoms with van der Waals surface area (Å²) in [4.78, 5) is 29.8. The zero-order chi connectivity index (χ0) is 25.8. The molecule has 0 fully saturated rings. The van der Waals surface area contributed by atoms with Crippen molar-refractivity contribution in [2.24, 2.45) is 10.1 Å². The summed E-state index contributed by atoms with van der Waals surface area (Å²) in [6.07, 6.45) is 0.728. The minimum absolute atomic E-state index is 0.0298. The van der Waals surface area contributed by atoms with E-state index < -0.39 is 5.25 Å². The number of hydrogen-bond donors (Lipinski definition) is 1. The molecule has 2 amide bonds. The van der Waals surface area contributed by atoms with Crippen molar-refractivity contribution in [1.29, 1.82) is 0 Å². The number of aryl methyl sites for hydroxylation is 1. The van der Waals surface area contributed by atoms with Gasteiger partial charge in [-0.1, -0.05) is 71.9 Å². The van der Waals surface area contributed by atoms with Gasteiger partial charge in [0, 0.05) is 18.5 Å². The summed E-state index contributed by atoms with van der Waals surface area (Å²) in [7, 11) is 0. The fourth-order valence-corrected chi connectivity index (χ4v) is 5.39. The van der Waals surface area contributed by atoms with E-state index in [-0.39, 0.29) is 24.3 Å². The summed E-state index contributed by atoms with van der Waals surface area (Å²) in [5, 5.41) is 9.54. The van der Waals surface area contributed by atoms with Crippen molar-refractivity contribution < 1.29 is 14.3 Å². The number of rotatable bonds is 7. The van der Waals surface area contributed by atoms with Gasteiger partial charge in [0.15, 0.2) is 5.17 Å². The quantitative estimate of drug-likeness (QED) is 0.447. The number of hydrazone groups is 1. The van der Waals surface area contributed by atoms with Crippen LogP contribution in [0, 0.1) is 6.92 Å². The lowest BCUT2D eigenvalue weighted by molar-refractivity contribution is -0.121. The highest BCUT2D eigenvalue weighted by atomic mass is 32.2. The Balaban J connectivity index is 1.30. The molecule has 3 aromatic rings. The fraction of sp³-hybridized carbons (Fsp3) is 0.241. The van der Waals surface area contributed by atoms with Gasteiger partial charge in [0.1, 0.15) is 11.0 Å². The van der Waals surface area contributed by atoms with E-state index in [1.54, 1.807) is 24.3 Å². The maximum absolute atomic E-state index is 12.8. The van der Waals surface area contributed by atoms with Gasteiger partial charge in [0.2, 0.25) is 5.91 Å². The van der Waals surface area contributed by atoms with Gasteiger partial charge in [-0.05, 0) is 49.2 Å². The van der Waals surface area contributed by atoms with Crippen molar-refractivity contribution in [1.82, 2.24) is 5.01 Å². The Morgan fingerprint density at radius 3 is 2.49 bits per heavy atom. The average Bonchev–Trinajstić information content (AvgIpc) is 3.50. The van der Waals surface area contributed by atoms with Crippen LogP contribution in [-0.2, 0) is 9.59 Å². The first-order valence-corrected chi connectivity index (χ1v) is 13.2. The van der Waals surface area contributed by atoms with Gasteiger partial charge in [0.05, 0.1) is 18.4 Å². The van der Waals surface area contributed by atoms with Gasteiger partial charge >= 0.3 is 0 Å². The molecular weight excluding hydrogens is 484 g/mol. The first kappa shape index (κ1) is 24.8. The molecule has 1 N–H and O–H groups in total. The summed E-state index contributed by atoms with van der Waals surface area (Å²) in [6.45, 7) is 4.55. The SMILES string of the molecule is CCOc1ccc(NC(=O)C[C@H]2SC(N3N=C(c4ccc(C)cc4)C[C@@H]3c3ccccc3)=NC2=O)cc1. The van der Waals surface area contributed by atoms with Crippen LogP contribution in [0.15, 0.2) is 89.0 Å². The molecule has 0 saturated heterocycles. The Morgan fingerprint density at radius 2 is 1.78 bits per heavy atom. The van der Waals surface area contributed by atoms with Gasteiger partial charge in [0.25, 0.3) is 5.91 Å². The van der Waals surface area contributed by atoms with E-state index in [1.807, 2.05) is 30.1 Å². The second-order valence-corrected chi connectivity index (χ2v) is 10.1. The van der Waals surface area contributed by atoms with Crippen LogP contribution in [0.4, 0.5) is 5.69 Å². The van der Waals surface area contributed by atoms with E-state index >= 15 is 0 Å². The number of anilines is 1. The Labute approximate surface area is 220 Å².